The van der Waals surface area contributed by atoms with Gasteiger partial charge < -0.3 is 14.9 Å². The molecule has 0 atom stereocenters. The molecule has 0 aliphatic carbocycles. The van der Waals surface area contributed by atoms with Crippen molar-refractivity contribution in [3.8, 4) is 11.5 Å². The monoisotopic (exact) mass is 287 g/mol. The molecule has 5 heteroatoms. The number of methoxy groups -OCH3 is 2. The van der Waals surface area contributed by atoms with E-state index in [9.17, 15) is 4.79 Å². The van der Waals surface area contributed by atoms with Crippen LogP contribution < -0.4 is 9.47 Å². The second-order valence-electron chi connectivity index (χ2n) is 4.05. The standard InChI is InChI=1S/C16H15NO3.H2O/c1-19-15-8-6-12(10-16(15)20-2)5-7-14(18)13-4-3-9-17-11-13;/h3-11H,1-2H3;1H2/b7-5+;. The lowest BCUT2D eigenvalue weighted by Gasteiger charge is -2.07. The van der Waals surface area contributed by atoms with Crippen molar-refractivity contribution in [1.29, 1.82) is 0 Å². The van der Waals surface area contributed by atoms with Crippen LogP contribution in [-0.2, 0) is 0 Å². The summed E-state index contributed by atoms with van der Waals surface area (Å²) in [4.78, 5) is 15.8. The summed E-state index contributed by atoms with van der Waals surface area (Å²) in [5, 5.41) is 0. The quantitative estimate of drug-likeness (QED) is 0.623. The van der Waals surface area contributed by atoms with Gasteiger partial charge in [-0.2, -0.15) is 0 Å². The van der Waals surface area contributed by atoms with Crippen molar-refractivity contribution in [2.24, 2.45) is 0 Å². The number of pyridine rings is 1. The van der Waals surface area contributed by atoms with Gasteiger partial charge in [-0.05, 0) is 35.9 Å². The Morgan fingerprint density at radius 3 is 2.52 bits per heavy atom. The van der Waals surface area contributed by atoms with E-state index in [1.807, 2.05) is 12.1 Å². The van der Waals surface area contributed by atoms with Crippen LogP contribution in [0, 0.1) is 0 Å². The summed E-state index contributed by atoms with van der Waals surface area (Å²) in [7, 11) is 3.16. The Labute approximate surface area is 123 Å². The normalized spacial score (nSPS) is 10.0. The molecule has 1 aromatic heterocycles. The molecule has 0 fully saturated rings. The fourth-order valence-corrected chi connectivity index (χ4v) is 1.73. The van der Waals surface area contributed by atoms with Crippen molar-refractivity contribution >= 4 is 11.9 Å². The zero-order chi connectivity index (χ0) is 14.4. The van der Waals surface area contributed by atoms with Crippen molar-refractivity contribution in [3.63, 3.8) is 0 Å². The number of hydrogen-bond donors (Lipinski definition) is 0. The summed E-state index contributed by atoms with van der Waals surface area (Å²) in [5.41, 5.74) is 1.42. The van der Waals surface area contributed by atoms with Crippen molar-refractivity contribution in [2.45, 2.75) is 0 Å². The minimum atomic E-state index is -0.0899. The molecule has 0 amide bonds. The molecule has 1 aromatic carbocycles. The molecule has 1 heterocycles. The van der Waals surface area contributed by atoms with Gasteiger partial charge in [0.25, 0.3) is 0 Å². The van der Waals surface area contributed by atoms with Crippen LogP contribution in [0.4, 0.5) is 0 Å². The zero-order valence-electron chi connectivity index (χ0n) is 11.9. The van der Waals surface area contributed by atoms with Gasteiger partial charge in [0.1, 0.15) is 0 Å². The van der Waals surface area contributed by atoms with Crippen molar-refractivity contribution in [3.05, 3.63) is 59.9 Å². The first kappa shape index (κ1) is 16.4. The second kappa shape index (κ2) is 7.81. The topological polar surface area (TPSA) is 79.9 Å². The number of ether oxygens (including phenoxy) is 2. The molecule has 0 radical (unpaired) electrons. The minimum Gasteiger partial charge on any atom is -0.493 e. The average molecular weight is 287 g/mol. The Morgan fingerprint density at radius 2 is 1.90 bits per heavy atom. The Bertz CT molecular complexity index is 623. The van der Waals surface area contributed by atoms with Gasteiger partial charge in [-0.25, -0.2) is 0 Å². The summed E-state index contributed by atoms with van der Waals surface area (Å²) in [6.07, 6.45) is 6.42. The summed E-state index contributed by atoms with van der Waals surface area (Å²) in [6.45, 7) is 0. The number of hydrogen-bond acceptors (Lipinski definition) is 4. The van der Waals surface area contributed by atoms with E-state index < -0.39 is 0 Å². The summed E-state index contributed by atoms with van der Waals surface area (Å²) in [5.74, 6) is 1.19. The molecule has 0 saturated heterocycles. The zero-order valence-corrected chi connectivity index (χ0v) is 11.9. The van der Waals surface area contributed by atoms with Crippen LogP contribution in [0.2, 0.25) is 0 Å². The molecule has 0 bridgehead atoms. The highest BCUT2D eigenvalue weighted by molar-refractivity contribution is 6.06. The molecule has 110 valence electrons. The Morgan fingerprint density at radius 1 is 1.14 bits per heavy atom. The van der Waals surface area contributed by atoms with Gasteiger partial charge >= 0.3 is 0 Å². The molecular formula is C16H17NO4. The highest BCUT2D eigenvalue weighted by Crippen LogP contribution is 2.27. The fraction of sp³-hybridized carbons (Fsp3) is 0.125. The van der Waals surface area contributed by atoms with E-state index in [2.05, 4.69) is 4.98 Å². The molecule has 0 aliphatic heterocycles. The van der Waals surface area contributed by atoms with Crippen LogP contribution >= 0.6 is 0 Å². The predicted molar refractivity (Wildman–Crippen MR) is 80.8 cm³/mol. The molecule has 0 unspecified atom stereocenters. The number of benzene rings is 1. The van der Waals surface area contributed by atoms with Crippen molar-refractivity contribution in [1.82, 2.24) is 4.98 Å². The van der Waals surface area contributed by atoms with E-state index in [4.69, 9.17) is 9.47 Å². The van der Waals surface area contributed by atoms with Crippen LogP contribution in [0.3, 0.4) is 0 Å². The van der Waals surface area contributed by atoms with Crippen LogP contribution in [0.1, 0.15) is 15.9 Å². The Hall–Kier alpha value is -2.66. The number of allylic oxidation sites excluding steroid dienone is 1. The van der Waals surface area contributed by atoms with Gasteiger partial charge in [-0.15, -0.1) is 0 Å². The molecular weight excluding hydrogens is 270 g/mol. The summed E-state index contributed by atoms with van der Waals surface area (Å²) < 4.78 is 10.4. The Kier molecular flexibility index (Phi) is 6.10. The van der Waals surface area contributed by atoms with Gasteiger partial charge in [0.05, 0.1) is 14.2 Å². The third kappa shape index (κ3) is 4.15. The largest absolute Gasteiger partial charge is 0.493 e. The van der Waals surface area contributed by atoms with Crippen LogP contribution in [-0.4, -0.2) is 30.5 Å². The summed E-state index contributed by atoms with van der Waals surface area (Å²) in [6, 6.07) is 8.93. The van der Waals surface area contributed by atoms with Gasteiger partial charge in [-0.1, -0.05) is 12.1 Å². The van der Waals surface area contributed by atoms with Crippen molar-refractivity contribution < 1.29 is 19.7 Å². The fourth-order valence-electron chi connectivity index (χ4n) is 1.73. The number of carbonyl (C=O) groups excluding carboxylic acids is 1. The first-order valence-electron chi connectivity index (χ1n) is 6.09. The molecule has 0 spiro atoms. The molecule has 0 saturated carbocycles. The number of rotatable bonds is 5. The number of nitrogens with zero attached hydrogens (tertiary/aromatic N) is 1. The third-order valence-electron chi connectivity index (χ3n) is 2.78. The highest BCUT2D eigenvalue weighted by atomic mass is 16.5. The van der Waals surface area contributed by atoms with E-state index in [1.165, 1.54) is 6.08 Å². The van der Waals surface area contributed by atoms with Gasteiger partial charge in [0.15, 0.2) is 17.3 Å². The van der Waals surface area contributed by atoms with E-state index in [0.29, 0.717) is 17.1 Å². The van der Waals surface area contributed by atoms with Gasteiger partial charge in [0.2, 0.25) is 0 Å². The predicted octanol–water partition coefficient (Wildman–Crippen LogP) is 2.17. The summed E-state index contributed by atoms with van der Waals surface area (Å²) >= 11 is 0. The van der Waals surface area contributed by atoms with E-state index in [-0.39, 0.29) is 11.3 Å². The van der Waals surface area contributed by atoms with E-state index in [1.54, 1.807) is 50.9 Å². The highest BCUT2D eigenvalue weighted by Gasteiger charge is 2.04. The molecule has 2 N–H and O–H groups in total. The number of aromatic nitrogens is 1. The first-order valence-corrected chi connectivity index (χ1v) is 6.09. The van der Waals surface area contributed by atoms with Gasteiger partial charge in [0, 0.05) is 18.0 Å². The maximum absolute atomic E-state index is 11.9. The van der Waals surface area contributed by atoms with Crippen molar-refractivity contribution in [2.75, 3.05) is 14.2 Å². The SMILES string of the molecule is COc1ccc(/C=C/C(=O)c2cccnc2)cc1OC.O. The molecule has 21 heavy (non-hydrogen) atoms. The maximum Gasteiger partial charge on any atom is 0.187 e. The lowest BCUT2D eigenvalue weighted by Crippen LogP contribution is -1.94. The molecule has 0 aliphatic rings. The van der Waals surface area contributed by atoms with Crippen LogP contribution in [0.5, 0.6) is 11.5 Å². The Balaban J connectivity index is 0.00000220. The van der Waals surface area contributed by atoms with Crippen LogP contribution in [0.15, 0.2) is 48.8 Å². The molecule has 2 rings (SSSR count). The lowest BCUT2D eigenvalue weighted by atomic mass is 10.1. The lowest BCUT2D eigenvalue weighted by molar-refractivity contribution is 0.104. The van der Waals surface area contributed by atoms with E-state index >= 15 is 0 Å². The third-order valence-corrected chi connectivity index (χ3v) is 2.78. The first-order chi connectivity index (χ1) is 9.74. The molecule has 5 nitrogen and oxygen atoms in total. The van der Waals surface area contributed by atoms with Crippen LogP contribution in [0.25, 0.3) is 6.08 Å². The van der Waals surface area contributed by atoms with E-state index in [0.717, 1.165) is 5.56 Å². The maximum atomic E-state index is 11.9. The van der Waals surface area contributed by atoms with Gasteiger partial charge in [-0.3, -0.25) is 9.78 Å². The smallest absolute Gasteiger partial charge is 0.187 e. The molecule has 2 aromatic rings. The number of carbonyl (C=O) groups is 1. The minimum absolute atomic E-state index is 0. The second-order valence-corrected chi connectivity index (χ2v) is 4.05. The number of ketones is 1. The average Bonchev–Trinajstić information content (AvgIpc) is 2.53.